The van der Waals surface area contributed by atoms with Crippen molar-refractivity contribution in [3.63, 3.8) is 0 Å². The van der Waals surface area contributed by atoms with Crippen LogP contribution in [0.1, 0.15) is 17.2 Å². The van der Waals surface area contributed by atoms with Crippen molar-refractivity contribution in [2.75, 3.05) is 0 Å². The van der Waals surface area contributed by atoms with E-state index >= 15 is 0 Å². The summed E-state index contributed by atoms with van der Waals surface area (Å²) >= 11 is 3.85. The zero-order chi connectivity index (χ0) is 12.4. The number of thiophene rings is 1. The van der Waals surface area contributed by atoms with Crippen molar-refractivity contribution in [3.8, 4) is 0 Å². The van der Waals surface area contributed by atoms with Crippen molar-refractivity contribution >= 4 is 33.9 Å². The van der Waals surface area contributed by atoms with Gasteiger partial charge in [0.1, 0.15) is 0 Å². The SMILES string of the molecule is NC(Cc1ccc(F)c(F)c1)c1csc(I)c1. The summed E-state index contributed by atoms with van der Waals surface area (Å²) in [6, 6.07) is 5.73. The molecule has 90 valence electrons. The van der Waals surface area contributed by atoms with E-state index in [9.17, 15) is 8.78 Å². The minimum Gasteiger partial charge on any atom is -0.324 e. The number of halogens is 3. The molecule has 0 saturated heterocycles. The first-order valence-corrected chi connectivity index (χ1v) is 6.95. The highest BCUT2D eigenvalue weighted by molar-refractivity contribution is 14.1. The number of hydrogen-bond donors (Lipinski definition) is 1. The fourth-order valence-electron chi connectivity index (χ4n) is 1.56. The largest absolute Gasteiger partial charge is 0.324 e. The summed E-state index contributed by atoms with van der Waals surface area (Å²) in [4.78, 5) is 0. The molecule has 0 saturated carbocycles. The van der Waals surface area contributed by atoms with Gasteiger partial charge in [0.2, 0.25) is 0 Å². The third kappa shape index (κ3) is 3.23. The normalized spacial score (nSPS) is 12.7. The molecular weight excluding hydrogens is 355 g/mol. The second-order valence-electron chi connectivity index (χ2n) is 3.74. The van der Waals surface area contributed by atoms with Crippen LogP contribution >= 0.6 is 33.9 Å². The van der Waals surface area contributed by atoms with Gasteiger partial charge in [-0.1, -0.05) is 6.07 Å². The lowest BCUT2D eigenvalue weighted by Crippen LogP contribution is -2.12. The summed E-state index contributed by atoms with van der Waals surface area (Å²) in [5, 5.41) is 1.99. The highest BCUT2D eigenvalue weighted by Crippen LogP contribution is 2.23. The third-order valence-corrected chi connectivity index (χ3v) is 4.26. The van der Waals surface area contributed by atoms with Gasteiger partial charge in [-0.2, -0.15) is 0 Å². The molecule has 2 rings (SSSR count). The molecule has 2 N–H and O–H groups in total. The molecule has 5 heteroatoms. The van der Waals surface area contributed by atoms with Crippen LogP contribution in [0.25, 0.3) is 0 Å². The molecule has 1 heterocycles. The molecule has 1 aromatic carbocycles. The van der Waals surface area contributed by atoms with E-state index in [2.05, 4.69) is 22.6 Å². The van der Waals surface area contributed by atoms with Crippen molar-refractivity contribution in [2.24, 2.45) is 5.73 Å². The Kier molecular flexibility index (Phi) is 4.11. The van der Waals surface area contributed by atoms with Gasteiger partial charge in [-0.3, -0.25) is 0 Å². The summed E-state index contributed by atoms with van der Waals surface area (Å²) in [5.74, 6) is -1.65. The first kappa shape index (κ1) is 12.9. The van der Waals surface area contributed by atoms with Gasteiger partial charge in [0.05, 0.1) is 2.88 Å². The minimum absolute atomic E-state index is 0.181. The highest BCUT2D eigenvalue weighted by atomic mass is 127. The molecule has 0 radical (unpaired) electrons. The van der Waals surface area contributed by atoms with Gasteiger partial charge in [-0.05, 0) is 63.7 Å². The molecule has 0 fully saturated rings. The lowest BCUT2D eigenvalue weighted by atomic mass is 10.0. The lowest BCUT2D eigenvalue weighted by molar-refractivity contribution is 0.506. The van der Waals surface area contributed by atoms with Crippen LogP contribution in [0.2, 0.25) is 0 Å². The lowest BCUT2D eigenvalue weighted by Gasteiger charge is -2.10. The number of rotatable bonds is 3. The van der Waals surface area contributed by atoms with Crippen LogP contribution in [0, 0.1) is 14.5 Å². The zero-order valence-corrected chi connectivity index (χ0v) is 11.8. The van der Waals surface area contributed by atoms with E-state index in [4.69, 9.17) is 5.73 Å². The van der Waals surface area contributed by atoms with Crippen molar-refractivity contribution in [1.29, 1.82) is 0 Å². The highest BCUT2D eigenvalue weighted by Gasteiger charge is 2.10. The average molecular weight is 365 g/mol. The molecule has 1 unspecified atom stereocenters. The fourth-order valence-corrected chi connectivity index (χ4v) is 2.99. The summed E-state index contributed by atoms with van der Waals surface area (Å²) in [6.45, 7) is 0. The first-order chi connectivity index (χ1) is 8.06. The minimum atomic E-state index is -0.826. The Morgan fingerprint density at radius 2 is 2.00 bits per heavy atom. The smallest absolute Gasteiger partial charge is 0.159 e. The Morgan fingerprint density at radius 1 is 1.24 bits per heavy atom. The van der Waals surface area contributed by atoms with Gasteiger partial charge in [0.25, 0.3) is 0 Å². The van der Waals surface area contributed by atoms with Crippen LogP contribution in [0.4, 0.5) is 8.78 Å². The van der Waals surface area contributed by atoms with E-state index < -0.39 is 11.6 Å². The number of benzene rings is 1. The average Bonchev–Trinajstić information content (AvgIpc) is 2.70. The van der Waals surface area contributed by atoms with Crippen LogP contribution in [0.5, 0.6) is 0 Å². The molecule has 0 bridgehead atoms. The Bertz CT molecular complexity index is 527. The van der Waals surface area contributed by atoms with Gasteiger partial charge in [-0.15, -0.1) is 11.3 Å². The van der Waals surface area contributed by atoms with Gasteiger partial charge >= 0.3 is 0 Å². The van der Waals surface area contributed by atoms with E-state index in [1.54, 1.807) is 17.4 Å². The molecule has 0 amide bonds. The zero-order valence-electron chi connectivity index (χ0n) is 8.79. The summed E-state index contributed by atoms with van der Waals surface area (Å²) in [6.07, 6.45) is 0.504. The van der Waals surface area contributed by atoms with Crippen molar-refractivity contribution in [1.82, 2.24) is 0 Å². The maximum Gasteiger partial charge on any atom is 0.159 e. The molecule has 0 aliphatic heterocycles. The second-order valence-corrected chi connectivity index (χ2v) is 6.55. The third-order valence-electron chi connectivity index (χ3n) is 2.46. The van der Waals surface area contributed by atoms with E-state index in [-0.39, 0.29) is 6.04 Å². The van der Waals surface area contributed by atoms with E-state index in [1.165, 1.54) is 8.95 Å². The number of hydrogen-bond acceptors (Lipinski definition) is 2. The summed E-state index contributed by atoms with van der Waals surface area (Å²) in [5.41, 5.74) is 7.75. The van der Waals surface area contributed by atoms with Gasteiger partial charge in [0, 0.05) is 6.04 Å². The monoisotopic (exact) mass is 365 g/mol. The molecule has 1 aromatic heterocycles. The maximum absolute atomic E-state index is 13.0. The molecular formula is C12H10F2INS. The van der Waals surface area contributed by atoms with E-state index in [0.29, 0.717) is 12.0 Å². The summed E-state index contributed by atoms with van der Waals surface area (Å²) in [7, 11) is 0. The Hall–Kier alpha value is -0.530. The van der Waals surface area contributed by atoms with E-state index in [1.807, 2.05) is 11.4 Å². The maximum atomic E-state index is 13.0. The Balaban J connectivity index is 2.12. The van der Waals surface area contributed by atoms with Crippen LogP contribution in [-0.2, 0) is 6.42 Å². The van der Waals surface area contributed by atoms with Crippen molar-refractivity contribution in [2.45, 2.75) is 12.5 Å². The van der Waals surface area contributed by atoms with Gasteiger partial charge in [-0.25, -0.2) is 8.78 Å². The second kappa shape index (κ2) is 5.41. The van der Waals surface area contributed by atoms with Gasteiger partial charge in [0.15, 0.2) is 11.6 Å². The molecule has 0 spiro atoms. The molecule has 0 aliphatic rings. The fraction of sp³-hybridized carbons (Fsp3) is 0.167. The first-order valence-electron chi connectivity index (χ1n) is 4.99. The van der Waals surface area contributed by atoms with E-state index in [0.717, 1.165) is 11.6 Å². The van der Waals surface area contributed by atoms with Crippen molar-refractivity contribution < 1.29 is 8.78 Å². The topological polar surface area (TPSA) is 26.0 Å². The van der Waals surface area contributed by atoms with Crippen LogP contribution in [0.15, 0.2) is 29.6 Å². The molecule has 0 aliphatic carbocycles. The molecule has 2 aromatic rings. The molecule has 1 nitrogen and oxygen atoms in total. The van der Waals surface area contributed by atoms with Gasteiger partial charge < -0.3 is 5.73 Å². The predicted octanol–water partition coefficient (Wildman–Crippen LogP) is 3.87. The number of nitrogens with two attached hydrogens (primary N) is 1. The van der Waals surface area contributed by atoms with Crippen LogP contribution in [-0.4, -0.2) is 0 Å². The van der Waals surface area contributed by atoms with Crippen LogP contribution < -0.4 is 5.73 Å². The quantitative estimate of drug-likeness (QED) is 0.822. The Morgan fingerprint density at radius 3 is 2.59 bits per heavy atom. The summed E-state index contributed by atoms with van der Waals surface area (Å²) < 4.78 is 26.9. The standard InChI is InChI=1S/C12H10F2INS/c13-9-2-1-7(3-10(9)14)4-11(16)8-5-12(15)17-6-8/h1-3,5-6,11H,4,16H2. The molecule has 17 heavy (non-hydrogen) atoms. The van der Waals surface area contributed by atoms with Crippen molar-refractivity contribution in [3.05, 3.63) is 55.3 Å². The van der Waals surface area contributed by atoms with Crippen LogP contribution in [0.3, 0.4) is 0 Å². The predicted molar refractivity (Wildman–Crippen MR) is 74.0 cm³/mol. The molecule has 1 atom stereocenters. The Labute approximate surface area is 116 Å².